The molecule has 0 spiro atoms. The molecule has 0 radical (unpaired) electrons. The van der Waals surface area contributed by atoms with E-state index in [0.717, 1.165) is 32.1 Å². The van der Waals surface area contributed by atoms with E-state index in [1.54, 1.807) is 0 Å². The van der Waals surface area contributed by atoms with Crippen molar-refractivity contribution in [1.29, 1.82) is 0 Å². The molecule has 0 aromatic heterocycles. The lowest BCUT2D eigenvalue weighted by Crippen LogP contribution is -2.26. The van der Waals surface area contributed by atoms with Gasteiger partial charge in [0.05, 0.1) is 11.0 Å². The minimum atomic E-state index is -3.04. The van der Waals surface area contributed by atoms with Gasteiger partial charge in [-0.1, -0.05) is 19.3 Å². The van der Waals surface area contributed by atoms with Crippen LogP contribution in [-0.2, 0) is 14.6 Å². The zero-order valence-corrected chi connectivity index (χ0v) is 9.63. The second kappa shape index (κ2) is 5.49. The van der Waals surface area contributed by atoms with Gasteiger partial charge in [-0.05, 0) is 19.3 Å². The van der Waals surface area contributed by atoms with Gasteiger partial charge in [0, 0.05) is 6.42 Å². The van der Waals surface area contributed by atoms with Crippen molar-refractivity contribution in [2.75, 3.05) is 5.75 Å². The molecule has 1 aliphatic rings. The zero-order chi connectivity index (χ0) is 11.3. The molecular formula is C10H18O4S. The molecule has 1 aliphatic carbocycles. The number of hydrogen-bond donors (Lipinski definition) is 1. The SMILES string of the molecule is O=C(O)CCCS(=O)(=O)C1CCCCC1. The van der Waals surface area contributed by atoms with Crippen molar-refractivity contribution in [3.05, 3.63) is 0 Å². The van der Waals surface area contributed by atoms with Gasteiger partial charge >= 0.3 is 5.97 Å². The van der Waals surface area contributed by atoms with Crippen LogP contribution in [0.2, 0.25) is 0 Å². The Hall–Kier alpha value is -0.580. The van der Waals surface area contributed by atoms with Crippen molar-refractivity contribution in [3.63, 3.8) is 0 Å². The van der Waals surface area contributed by atoms with Crippen molar-refractivity contribution in [2.24, 2.45) is 0 Å². The van der Waals surface area contributed by atoms with Gasteiger partial charge in [0.15, 0.2) is 9.84 Å². The molecular weight excluding hydrogens is 216 g/mol. The molecule has 1 N–H and O–H groups in total. The predicted molar refractivity (Wildman–Crippen MR) is 57.5 cm³/mol. The molecule has 1 saturated carbocycles. The summed E-state index contributed by atoms with van der Waals surface area (Å²) in [5, 5.41) is 8.22. The van der Waals surface area contributed by atoms with Gasteiger partial charge in [0.1, 0.15) is 0 Å². The van der Waals surface area contributed by atoms with Crippen molar-refractivity contribution in [1.82, 2.24) is 0 Å². The Morgan fingerprint density at radius 3 is 2.33 bits per heavy atom. The second-order valence-electron chi connectivity index (χ2n) is 4.12. The summed E-state index contributed by atoms with van der Waals surface area (Å²) in [5.41, 5.74) is 0. The first-order valence-corrected chi connectivity index (χ1v) is 7.17. The average Bonchev–Trinajstić information content (AvgIpc) is 2.18. The number of hydrogen-bond acceptors (Lipinski definition) is 3. The molecule has 1 fully saturated rings. The van der Waals surface area contributed by atoms with Crippen LogP contribution in [-0.4, -0.2) is 30.5 Å². The van der Waals surface area contributed by atoms with Crippen LogP contribution in [0.5, 0.6) is 0 Å². The van der Waals surface area contributed by atoms with E-state index in [0.29, 0.717) is 0 Å². The third kappa shape index (κ3) is 4.20. The quantitative estimate of drug-likeness (QED) is 0.784. The van der Waals surface area contributed by atoms with Gasteiger partial charge in [0.2, 0.25) is 0 Å². The molecule has 0 amide bonds. The fourth-order valence-electron chi connectivity index (χ4n) is 2.02. The minimum absolute atomic E-state index is 0.0317. The van der Waals surface area contributed by atoms with Crippen LogP contribution in [0.3, 0.4) is 0 Å². The molecule has 0 bridgehead atoms. The van der Waals surface area contributed by atoms with Gasteiger partial charge in [-0.2, -0.15) is 0 Å². The third-order valence-electron chi connectivity index (χ3n) is 2.88. The molecule has 4 nitrogen and oxygen atoms in total. The minimum Gasteiger partial charge on any atom is -0.481 e. The van der Waals surface area contributed by atoms with E-state index in [1.165, 1.54) is 0 Å². The molecule has 15 heavy (non-hydrogen) atoms. The Labute approximate surface area is 90.6 Å². The lowest BCUT2D eigenvalue weighted by molar-refractivity contribution is -0.137. The number of aliphatic carboxylic acids is 1. The highest BCUT2D eigenvalue weighted by Crippen LogP contribution is 2.24. The molecule has 0 heterocycles. The first-order chi connectivity index (χ1) is 7.02. The van der Waals surface area contributed by atoms with Crippen molar-refractivity contribution in [2.45, 2.75) is 50.2 Å². The van der Waals surface area contributed by atoms with Gasteiger partial charge in [-0.15, -0.1) is 0 Å². The maximum atomic E-state index is 11.8. The average molecular weight is 234 g/mol. The number of sulfone groups is 1. The molecule has 0 saturated heterocycles. The van der Waals surface area contributed by atoms with E-state index in [4.69, 9.17) is 5.11 Å². The smallest absolute Gasteiger partial charge is 0.303 e. The van der Waals surface area contributed by atoms with Crippen LogP contribution in [0.25, 0.3) is 0 Å². The summed E-state index contributed by atoms with van der Waals surface area (Å²) in [6.45, 7) is 0. The van der Waals surface area contributed by atoms with Crippen LogP contribution in [0.15, 0.2) is 0 Å². The van der Waals surface area contributed by atoms with E-state index >= 15 is 0 Å². The normalized spacial score (nSPS) is 18.9. The lowest BCUT2D eigenvalue weighted by Gasteiger charge is -2.21. The largest absolute Gasteiger partial charge is 0.481 e. The molecule has 5 heteroatoms. The number of carboxylic acid groups (broad SMARTS) is 1. The first-order valence-electron chi connectivity index (χ1n) is 5.46. The highest BCUT2D eigenvalue weighted by Gasteiger charge is 2.26. The monoisotopic (exact) mass is 234 g/mol. The third-order valence-corrected chi connectivity index (χ3v) is 5.22. The van der Waals surface area contributed by atoms with E-state index < -0.39 is 15.8 Å². The molecule has 0 atom stereocenters. The van der Waals surface area contributed by atoms with Crippen molar-refractivity contribution >= 4 is 15.8 Å². The summed E-state index contributed by atoms with van der Waals surface area (Å²) in [4.78, 5) is 10.3. The van der Waals surface area contributed by atoms with Crippen LogP contribution >= 0.6 is 0 Å². The molecule has 1 rings (SSSR count). The molecule has 0 aromatic carbocycles. The van der Waals surface area contributed by atoms with Gasteiger partial charge in [0.25, 0.3) is 0 Å². The van der Waals surface area contributed by atoms with E-state index in [-0.39, 0.29) is 23.8 Å². The zero-order valence-electron chi connectivity index (χ0n) is 8.81. The lowest BCUT2D eigenvalue weighted by atomic mass is 10.0. The summed E-state index contributed by atoms with van der Waals surface area (Å²) >= 11 is 0. The summed E-state index contributed by atoms with van der Waals surface area (Å²) in [6.07, 6.45) is 4.82. The highest BCUT2D eigenvalue weighted by atomic mass is 32.2. The Bertz CT molecular complexity index is 301. The standard InChI is InChI=1S/C10H18O4S/c11-10(12)7-4-8-15(13,14)9-5-2-1-3-6-9/h9H,1-8H2,(H,11,12). The summed E-state index contributed by atoms with van der Waals surface area (Å²) in [7, 11) is -3.04. The van der Waals surface area contributed by atoms with Crippen LogP contribution in [0.4, 0.5) is 0 Å². The highest BCUT2D eigenvalue weighted by molar-refractivity contribution is 7.92. The van der Waals surface area contributed by atoms with Crippen molar-refractivity contribution < 1.29 is 18.3 Å². The van der Waals surface area contributed by atoms with Gasteiger partial charge in [-0.3, -0.25) is 4.79 Å². The number of rotatable bonds is 5. The molecule has 88 valence electrons. The maximum absolute atomic E-state index is 11.8. The Kier molecular flexibility index (Phi) is 4.57. The van der Waals surface area contributed by atoms with Crippen LogP contribution < -0.4 is 0 Å². The summed E-state index contributed by atoms with van der Waals surface area (Å²) < 4.78 is 23.5. The Morgan fingerprint density at radius 1 is 1.20 bits per heavy atom. The Balaban J connectivity index is 2.40. The summed E-state index contributed by atoms with van der Waals surface area (Å²) in [5.74, 6) is -0.891. The topological polar surface area (TPSA) is 71.4 Å². The fourth-order valence-corrected chi connectivity index (χ4v) is 3.95. The van der Waals surface area contributed by atoms with Crippen LogP contribution in [0, 0.1) is 0 Å². The van der Waals surface area contributed by atoms with E-state index in [2.05, 4.69) is 0 Å². The van der Waals surface area contributed by atoms with Gasteiger partial charge < -0.3 is 5.11 Å². The van der Waals surface area contributed by atoms with Crippen molar-refractivity contribution in [3.8, 4) is 0 Å². The molecule has 0 unspecified atom stereocenters. The fraction of sp³-hybridized carbons (Fsp3) is 0.900. The van der Waals surface area contributed by atoms with Crippen LogP contribution in [0.1, 0.15) is 44.9 Å². The molecule has 0 aliphatic heterocycles. The Morgan fingerprint density at radius 2 is 1.80 bits per heavy atom. The second-order valence-corrected chi connectivity index (χ2v) is 6.52. The first kappa shape index (κ1) is 12.5. The number of carbonyl (C=O) groups is 1. The maximum Gasteiger partial charge on any atom is 0.303 e. The van der Waals surface area contributed by atoms with E-state index in [1.807, 2.05) is 0 Å². The van der Waals surface area contributed by atoms with E-state index in [9.17, 15) is 13.2 Å². The molecule has 0 aromatic rings. The predicted octanol–water partition coefficient (Wildman–Crippen LogP) is 1.60. The summed E-state index contributed by atoms with van der Waals surface area (Å²) in [6, 6.07) is 0. The van der Waals surface area contributed by atoms with Gasteiger partial charge in [-0.25, -0.2) is 8.42 Å². The number of carboxylic acids is 1.